The van der Waals surface area contributed by atoms with Gasteiger partial charge < -0.3 is 9.92 Å². The smallest absolute Gasteiger partial charge is 0.339 e. The molecule has 120 valence electrons. The Bertz CT molecular complexity index is 830. The number of nitrogens with two attached hydrogens (primary N) is 1. The minimum Gasteiger partial charge on any atom is -0.379 e. The Labute approximate surface area is 133 Å². The molecule has 2 aromatic carbocycles. The quantitative estimate of drug-likeness (QED) is 0.493. The zero-order valence-electron chi connectivity index (χ0n) is 12.3. The van der Waals surface area contributed by atoms with Crippen molar-refractivity contribution in [1.29, 1.82) is 0 Å². The molecule has 0 bridgehead atoms. The van der Waals surface area contributed by atoms with E-state index in [1.54, 1.807) is 24.3 Å². The first-order valence-corrected chi connectivity index (χ1v) is 7.97. The summed E-state index contributed by atoms with van der Waals surface area (Å²) in [6.07, 6.45) is 1.32. The van der Waals surface area contributed by atoms with Gasteiger partial charge in [0.25, 0.3) is 0 Å². The maximum absolute atomic E-state index is 12.2. The molecule has 7 nitrogen and oxygen atoms in total. The normalized spacial score (nSPS) is 11.3. The lowest BCUT2D eigenvalue weighted by Gasteiger charge is -2.07. The minimum atomic E-state index is -3.92. The van der Waals surface area contributed by atoms with Crippen molar-refractivity contribution in [3.63, 3.8) is 0 Å². The van der Waals surface area contributed by atoms with E-state index in [-0.39, 0.29) is 10.6 Å². The van der Waals surface area contributed by atoms with E-state index in [2.05, 4.69) is 5.10 Å². The first-order chi connectivity index (χ1) is 10.9. The second kappa shape index (κ2) is 6.93. The van der Waals surface area contributed by atoms with Gasteiger partial charge in [0.1, 0.15) is 10.6 Å². The summed E-state index contributed by atoms with van der Waals surface area (Å²) in [6, 6.07) is 11.8. The topological polar surface area (TPSA) is 111 Å². The molecule has 0 saturated heterocycles. The number of benzene rings is 2. The van der Waals surface area contributed by atoms with Crippen LogP contribution in [-0.4, -0.2) is 20.7 Å². The first kappa shape index (κ1) is 16.5. The van der Waals surface area contributed by atoms with Gasteiger partial charge in [-0.2, -0.15) is 13.5 Å². The maximum atomic E-state index is 12.2. The summed E-state index contributed by atoms with van der Waals surface area (Å²) < 4.78 is 29.5. The van der Waals surface area contributed by atoms with Crippen molar-refractivity contribution >= 4 is 22.4 Å². The van der Waals surface area contributed by atoms with Gasteiger partial charge in [0.05, 0.1) is 6.21 Å². The molecule has 0 aliphatic carbocycles. The molecule has 0 saturated carbocycles. The number of nitrogens with one attached hydrogen (secondary N) is 1. The summed E-state index contributed by atoms with van der Waals surface area (Å²) in [5.74, 6) is 0.133. The number of amides is 2. The summed E-state index contributed by atoms with van der Waals surface area (Å²) >= 11 is 0. The Balaban J connectivity index is 2.18. The van der Waals surface area contributed by atoms with Gasteiger partial charge in [-0.15, -0.1) is 0 Å². The lowest BCUT2D eigenvalue weighted by molar-refractivity contribution is 0.249. The highest BCUT2D eigenvalue weighted by Crippen LogP contribution is 2.19. The number of primary amides is 1. The highest BCUT2D eigenvalue weighted by Gasteiger charge is 2.16. The van der Waals surface area contributed by atoms with Crippen LogP contribution in [0.4, 0.5) is 4.79 Å². The van der Waals surface area contributed by atoms with Crippen LogP contribution in [0.3, 0.4) is 0 Å². The first-order valence-electron chi connectivity index (χ1n) is 6.56. The Morgan fingerprint density at radius 1 is 1.22 bits per heavy atom. The zero-order valence-corrected chi connectivity index (χ0v) is 13.1. The number of rotatable bonds is 5. The summed E-state index contributed by atoms with van der Waals surface area (Å²) in [6.45, 7) is 1.86. The van der Waals surface area contributed by atoms with Crippen LogP contribution in [0.2, 0.25) is 0 Å². The third-order valence-electron chi connectivity index (χ3n) is 2.76. The number of urea groups is 1. The van der Waals surface area contributed by atoms with Crippen LogP contribution in [0.5, 0.6) is 5.75 Å². The fourth-order valence-electron chi connectivity index (χ4n) is 1.70. The minimum absolute atomic E-state index is 0.0672. The molecule has 0 aromatic heterocycles. The van der Waals surface area contributed by atoms with E-state index < -0.39 is 16.1 Å². The molecule has 0 heterocycles. The van der Waals surface area contributed by atoms with Crippen molar-refractivity contribution in [2.24, 2.45) is 10.8 Å². The number of nitrogens with zero attached hydrogens (tertiary/aromatic N) is 1. The van der Waals surface area contributed by atoms with E-state index in [4.69, 9.17) is 9.92 Å². The van der Waals surface area contributed by atoms with Crippen LogP contribution < -0.4 is 15.3 Å². The molecule has 2 rings (SSSR count). The number of hydrazone groups is 1. The molecule has 23 heavy (non-hydrogen) atoms. The number of carbonyl (C=O) groups is 1. The highest BCUT2D eigenvalue weighted by molar-refractivity contribution is 7.87. The molecule has 0 spiro atoms. The lowest BCUT2D eigenvalue weighted by atomic mass is 10.2. The highest BCUT2D eigenvalue weighted by atomic mass is 32.2. The predicted molar refractivity (Wildman–Crippen MR) is 85.7 cm³/mol. The van der Waals surface area contributed by atoms with E-state index in [1.165, 1.54) is 30.5 Å². The predicted octanol–water partition coefficient (Wildman–Crippen LogP) is 1.76. The van der Waals surface area contributed by atoms with Crippen molar-refractivity contribution < 1.29 is 17.4 Å². The van der Waals surface area contributed by atoms with Crippen LogP contribution in [0.15, 0.2) is 58.5 Å². The summed E-state index contributed by atoms with van der Waals surface area (Å²) in [5, 5.41) is 3.59. The monoisotopic (exact) mass is 333 g/mol. The fourth-order valence-corrected chi connectivity index (χ4v) is 2.62. The number of hydrogen-bond acceptors (Lipinski definition) is 5. The third-order valence-corrected chi connectivity index (χ3v) is 4.02. The molecule has 2 amide bonds. The van der Waals surface area contributed by atoms with Crippen molar-refractivity contribution in [2.45, 2.75) is 11.8 Å². The Morgan fingerprint density at radius 2 is 1.91 bits per heavy atom. The average Bonchev–Trinajstić information content (AvgIpc) is 2.47. The molecular formula is C15H15N3O4S. The molecule has 3 N–H and O–H groups in total. The van der Waals surface area contributed by atoms with Crippen molar-refractivity contribution in [3.8, 4) is 5.75 Å². The molecule has 0 atom stereocenters. The molecule has 0 fully saturated rings. The Morgan fingerprint density at radius 3 is 2.57 bits per heavy atom. The van der Waals surface area contributed by atoms with Gasteiger partial charge >= 0.3 is 16.1 Å². The van der Waals surface area contributed by atoms with Gasteiger partial charge in [0, 0.05) is 0 Å². The standard InChI is InChI=1S/C15H15N3O4S/c1-11-5-7-14(8-6-11)23(20,21)22-13-4-2-3-12(9-13)10-17-18-15(16)19/h2-10H,1H3,(H3,16,18,19)/b17-10+. The van der Waals surface area contributed by atoms with Crippen LogP contribution in [0.1, 0.15) is 11.1 Å². The molecule has 2 aromatic rings. The SMILES string of the molecule is Cc1ccc(S(=O)(=O)Oc2cccc(/C=N/NC(N)=O)c2)cc1. The zero-order chi connectivity index (χ0) is 16.9. The maximum Gasteiger partial charge on any atom is 0.339 e. The van der Waals surface area contributed by atoms with E-state index in [0.29, 0.717) is 5.56 Å². The molecular weight excluding hydrogens is 318 g/mol. The van der Waals surface area contributed by atoms with E-state index >= 15 is 0 Å². The number of aryl methyl sites for hydroxylation is 1. The average molecular weight is 333 g/mol. The lowest BCUT2D eigenvalue weighted by Crippen LogP contribution is -2.24. The van der Waals surface area contributed by atoms with Crippen LogP contribution in [0.25, 0.3) is 0 Å². The number of carbonyl (C=O) groups excluding carboxylic acids is 1. The molecule has 0 radical (unpaired) electrons. The van der Waals surface area contributed by atoms with Gasteiger partial charge in [0.2, 0.25) is 0 Å². The van der Waals surface area contributed by atoms with E-state index in [0.717, 1.165) is 5.56 Å². The van der Waals surface area contributed by atoms with Crippen LogP contribution in [0, 0.1) is 6.92 Å². The molecule has 8 heteroatoms. The second-order valence-corrected chi connectivity index (χ2v) is 6.20. The molecule has 0 unspecified atom stereocenters. The summed E-state index contributed by atoms with van der Waals surface area (Å²) in [7, 11) is -3.92. The number of hydrogen-bond donors (Lipinski definition) is 2. The third kappa shape index (κ3) is 4.82. The van der Waals surface area contributed by atoms with Gasteiger partial charge in [0.15, 0.2) is 0 Å². The largest absolute Gasteiger partial charge is 0.379 e. The van der Waals surface area contributed by atoms with Gasteiger partial charge in [-0.1, -0.05) is 29.8 Å². The molecule has 0 aliphatic rings. The van der Waals surface area contributed by atoms with Gasteiger partial charge in [-0.05, 0) is 36.8 Å². The van der Waals surface area contributed by atoms with E-state index in [9.17, 15) is 13.2 Å². The summed E-state index contributed by atoms with van der Waals surface area (Å²) in [5.41, 5.74) is 8.40. The fraction of sp³-hybridized carbons (Fsp3) is 0.0667. The van der Waals surface area contributed by atoms with Crippen molar-refractivity contribution in [2.75, 3.05) is 0 Å². The van der Waals surface area contributed by atoms with Crippen LogP contribution in [-0.2, 0) is 10.1 Å². The Kier molecular flexibility index (Phi) is 4.97. The Hall–Kier alpha value is -2.87. The van der Waals surface area contributed by atoms with Crippen LogP contribution >= 0.6 is 0 Å². The van der Waals surface area contributed by atoms with Gasteiger partial charge in [-0.3, -0.25) is 0 Å². The van der Waals surface area contributed by atoms with E-state index in [1.807, 2.05) is 12.3 Å². The molecule has 0 aliphatic heterocycles. The van der Waals surface area contributed by atoms with Crippen molar-refractivity contribution in [3.05, 3.63) is 59.7 Å². The van der Waals surface area contributed by atoms with Gasteiger partial charge in [-0.25, -0.2) is 10.2 Å². The second-order valence-electron chi connectivity index (χ2n) is 4.66. The van der Waals surface area contributed by atoms with Crippen molar-refractivity contribution in [1.82, 2.24) is 5.43 Å². The summed E-state index contributed by atoms with van der Waals surface area (Å²) in [4.78, 5) is 10.6.